The monoisotopic (exact) mass is 336 g/mol. The van der Waals surface area contributed by atoms with E-state index in [1.807, 2.05) is 24.8 Å². The summed E-state index contributed by atoms with van der Waals surface area (Å²) in [5, 5.41) is 9.83. The molecule has 0 spiro atoms. The van der Waals surface area contributed by atoms with Crippen molar-refractivity contribution in [2.45, 2.75) is 32.9 Å². The van der Waals surface area contributed by atoms with E-state index in [0.717, 1.165) is 25.2 Å². The maximum Gasteiger partial charge on any atom is 0.325 e. The van der Waals surface area contributed by atoms with Crippen LogP contribution in [0.1, 0.15) is 32.4 Å². The summed E-state index contributed by atoms with van der Waals surface area (Å²) in [4.78, 5) is 16.3. The number of carbonyl (C=O) groups is 1. The molecule has 24 heavy (non-hydrogen) atoms. The van der Waals surface area contributed by atoms with Crippen LogP contribution >= 0.6 is 0 Å². The summed E-state index contributed by atoms with van der Waals surface area (Å²) in [6, 6.07) is 4.94. The molecule has 1 aromatic rings. The number of nitrogens with zero attached hydrogens (tertiary/aromatic N) is 2. The lowest BCUT2D eigenvalue weighted by atomic mass is 10.0. The standard InChI is InChI=1S/C18H28N2O4/c1-5-23-15-8-7-14(11-16(15)24-6-2)17(18(21)22)20-10-9-19(4)12-13(20)3/h7-8,11,13,17H,5-6,9-10,12H2,1-4H3,(H,21,22). The molecule has 6 nitrogen and oxygen atoms in total. The summed E-state index contributed by atoms with van der Waals surface area (Å²) < 4.78 is 11.2. The minimum atomic E-state index is -0.835. The Bertz CT molecular complexity index is 564. The zero-order valence-corrected chi connectivity index (χ0v) is 15.0. The number of hydrogen-bond acceptors (Lipinski definition) is 5. The van der Waals surface area contributed by atoms with Crippen LogP contribution in [0.4, 0.5) is 0 Å². The van der Waals surface area contributed by atoms with Gasteiger partial charge in [-0.25, -0.2) is 0 Å². The molecule has 2 unspecified atom stereocenters. The van der Waals surface area contributed by atoms with E-state index in [-0.39, 0.29) is 6.04 Å². The number of aliphatic carboxylic acids is 1. The van der Waals surface area contributed by atoms with Crippen LogP contribution in [0.2, 0.25) is 0 Å². The van der Waals surface area contributed by atoms with Gasteiger partial charge in [0, 0.05) is 25.7 Å². The first-order valence-electron chi connectivity index (χ1n) is 8.54. The molecular weight excluding hydrogens is 308 g/mol. The third-order valence-corrected chi connectivity index (χ3v) is 4.33. The van der Waals surface area contributed by atoms with E-state index in [1.165, 1.54) is 0 Å². The van der Waals surface area contributed by atoms with Crippen molar-refractivity contribution in [3.8, 4) is 11.5 Å². The molecule has 0 bridgehead atoms. The molecule has 0 aromatic heterocycles. The number of carboxylic acid groups (broad SMARTS) is 1. The Morgan fingerprint density at radius 2 is 1.92 bits per heavy atom. The van der Waals surface area contributed by atoms with Crippen molar-refractivity contribution >= 4 is 5.97 Å². The maximum atomic E-state index is 12.0. The van der Waals surface area contributed by atoms with Crippen molar-refractivity contribution < 1.29 is 19.4 Å². The Balaban J connectivity index is 2.33. The second-order valence-electron chi connectivity index (χ2n) is 6.16. The smallest absolute Gasteiger partial charge is 0.325 e. The van der Waals surface area contributed by atoms with Crippen molar-refractivity contribution in [2.24, 2.45) is 0 Å². The van der Waals surface area contributed by atoms with Crippen molar-refractivity contribution in [2.75, 3.05) is 39.9 Å². The minimum Gasteiger partial charge on any atom is -0.490 e. The van der Waals surface area contributed by atoms with Gasteiger partial charge in [0.25, 0.3) is 0 Å². The van der Waals surface area contributed by atoms with Crippen LogP contribution < -0.4 is 9.47 Å². The van der Waals surface area contributed by atoms with Gasteiger partial charge in [0.15, 0.2) is 11.5 Å². The molecule has 2 rings (SSSR count). The van der Waals surface area contributed by atoms with Crippen molar-refractivity contribution in [3.63, 3.8) is 0 Å². The Morgan fingerprint density at radius 3 is 2.50 bits per heavy atom. The summed E-state index contributed by atoms with van der Waals surface area (Å²) in [7, 11) is 2.06. The van der Waals surface area contributed by atoms with Crippen LogP contribution in [0.25, 0.3) is 0 Å². The molecule has 1 heterocycles. The van der Waals surface area contributed by atoms with Gasteiger partial charge in [-0.2, -0.15) is 0 Å². The lowest BCUT2D eigenvalue weighted by molar-refractivity contribution is -0.145. The van der Waals surface area contributed by atoms with Crippen LogP contribution in [0.15, 0.2) is 18.2 Å². The van der Waals surface area contributed by atoms with Crippen molar-refractivity contribution in [1.29, 1.82) is 0 Å². The van der Waals surface area contributed by atoms with E-state index in [9.17, 15) is 9.90 Å². The topological polar surface area (TPSA) is 62.2 Å². The summed E-state index contributed by atoms with van der Waals surface area (Å²) in [5.74, 6) is 0.418. The molecule has 2 atom stereocenters. The highest BCUT2D eigenvalue weighted by molar-refractivity contribution is 5.76. The van der Waals surface area contributed by atoms with Gasteiger partial charge in [-0.3, -0.25) is 9.69 Å². The highest BCUT2D eigenvalue weighted by atomic mass is 16.5. The summed E-state index contributed by atoms with van der Waals surface area (Å²) in [6.07, 6.45) is 0. The molecule has 134 valence electrons. The summed E-state index contributed by atoms with van der Waals surface area (Å²) in [5.41, 5.74) is 0.728. The van der Waals surface area contributed by atoms with Gasteiger partial charge < -0.3 is 19.5 Å². The average Bonchev–Trinajstić information content (AvgIpc) is 2.52. The van der Waals surface area contributed by atoms with Gasteiger partial charge in [0.05, 0.1) is 13.2 Å². The van der Waals surface area contributed by atoms with E-state index < -0.39 is 12.0 Å². The Kier molecular flexibility index (Phi) is 6.45. The van der Waals surface area contributed by atoms with Gasteiger partial charge in [-0.1, -0.05) is 6.07 Å². The Morgan fingerprint density at radius 1 is 1.25 bits per heavy atom. The number of piperazine rings is 1. The second kappa shape index (κ2) is 8.35. The first-order chi connectivity index (χ1) is 11.5. The van der Waals surface area contributed by atoms with E-state index in [2.05, 4.69) is 18.9 Å². The number of benzene rings is 1. The Hall–Kier alpha value is -1.79. The van der Waals surface area contributed by atoms with Crippen LogP contribution in [-0.2, 0) is 4.79 Å². The lowest BCUT2D eigenvalue weighted by Crippen LogP contribution is -2.53. The van der Waals surface area contributed by atoms with E-state index in [0.29, 0.717) is 24.7 Å². The largest absolute Gasteiger partial charge is 0.490 e. The number of likely N-dealkylation sites (N-methyl/N-ethyl adjacent to an activating group) is 1. The van der Waals surface area contributed by atoms with E-state index in [4.69, 9.17) is 9.47 Å². The maximum absolute atomic E-state index is 12.0. The molecule has 1 N–H and O–H groups in total. The van der Waals surface area contributed by atoms with Crippen LogP contribution in [0, 0.1) is 0 Å². The first-order valence-corrected chi connectivity index (χ1v) is 8.54. The molecule has 1 saturated heterocycles. The normalized spacial score (nSPS) is 20.6. The molecule has 6 heteroatoms. The van der Waals surface area contributed by atoms with E-state index >= 15 is 0 Å². The van der Waals surface area contributed by atoms with Crippen LogP contribution in [-0.4, -0.2) is 66.8 Å². The SMILES string of the molecule is CCOc1ccc(C(C(=O)O)N2CCN(C)CC2C)cc1OCC. The predicted octanol–water partition coefficient (Wildman–Crippen LogP) is 2.25. The van der Waals surface area contributed by atoms with Gasteiger partial charge in [-0.05, 0) is 45.5 Å². The summed E-state index contributed by atoms with van der Waals surface area (Å²) >= 11 is 0. The Labute approximate surface area is 144 Å². The zero-order chi connectivity index (χ0) is 17.7. The lowest BCUT2D eigenvalue weighted by Gasteiger charge is -2.41. The van der Waals surface area contributed by atoms with Crippen molar-refractivity contribution in [3.05, 3.63) is 23.8 Å². The number of rotatable bonds is 7. The third-order valence-electron chi connectivity index (χ3n) is 4.33. The molecule has 0 amide bonds. The van der Waals surface area contributed by atoms with Crippen molar-refractivity contribution in [1.82, 2.24) is 9.80 Å². The molecule has 1 fully saturated rings. The fourth-order valence-electron chi connectivity index (χ4n) is 3.25. The second-order valence-corrected chi connectivity index (χ2v) is 6.16. The van der Waals surface area contributed by atoms with Gasteiger partial charge in [0.2, 0.25) is 0 Å². The fraction of sp³-hybridized carbons (Fsp3) is 0.611. The molecule has 1 aromatic carbocycles. The highest BCUT2D eigenvalue weighted by Gasteiger charge is 2.34. The highest BCUT2D eigenvalue weighted by Crippen LogP contribution is 2.34. The minimum absolute atomic E-state index is 0.173. The zero-order valence-electron chi connectivity index (χ0n) is 15.0. The molecule has 0 radical (unpaired) electrons. The molecule has 0 aliphatic carbocycles. The van der Waals surface area contributed by atoms with Gasteiger partial charge in [0.1, 0.15) is 6.04 Å². The number of carboxylic acids is 1. The molecule has 1 aliphatic rings. The third kappa shape index (κ3) is 4.19. The number of hydrogen-bond donors (Lipinski definition) is 1. The quantitative estimate of drug-likeness (QED) is 0.824. The summed E-state index contributed by atoms with van der Waals surface area (Å²) in [6.45, 7) is 9.39. The first kappa shape index (κ1) is 18.5. The predicted molar refractivity (Wildman–Crippen MR) is 92.8 cm³/mol. The molecule has 0 saturated carbocycles. The molecular formula is C18H28N2O4. The van der Waals surface area contributed by atoms with Crippen LogP contribution in [0.5, 0.6) is 11.5 Å². The van der Waals surface area contributed by atoms with Crippen LogP contribution in [0.3, 0.4) is 0 Å². The van der Waals surface area contributed by atoms with Gasteiger partial charge >= 0.3 is 5.97 Å². The number of ether oxygens (including phenoxy) is 2. The fourth-order valence-corrected chi connectivity index (χ4v) is 3.25. The molecule has 1 aliphatic heterocycles. The van der Waals surface area contributed by atoms with E-state index in [1.54, 1.807) is 12.1 Å². The van der Waals surface area contributed by atoms with Gasteiger partial charge in [-0.15, -0.1) is 0 Å². The average molecular weight is 336 g/mol.